The summed E-state index contributed by atoms with van der Waals surface area (Å²) in [4.78, 5) is 17.6. The van der Waals surface area contributed by atoms with E-state index in [4.69, 9.17) is 4.74 Å². The molecule has 0 atom stereocenters. The number of hydrogen-bond donors (Lipinski definition) is 1. The van der Waals surface area contributed by atoms with Crippen molar-refractivity contribution in [1.82, 2.24) is 9.71 Å². The zero-order valence-corrected chi connectivity index (χ0v) is 17.3. The van der Waals surface area contributed by atoms with Crippen molar-refractivity contribution in [2.45, 2.75) is 37.0 Å². The summed E-state index contributed by atoms with van der Waals surface area (Å²) in [5.41, 5.74) is 2.13. The smallest absolute Gasteiger partial charge is 0.264 e. The van der Waals surface area contributed by atoms with Crippen molar-refractivity contribution in [1.29, 1.82) is 0 Å². The van der Waals surface area contributed by atoms with E-state index >= 15 is 0 Å². The van der Waals surface area contributed by atoms with Crippen molar-refractivity contribution in [3.63, 3.8) is 0 Å². The number of carbonyl (C=O) groups excluding carboxylic acids is 1. The van der Waals surface area contributed by atoms with Crippen molar-refractivity contribution in [3.8, 4) is 5.75 Å². The molecule has 1 saturated carbocycles. The third kappa shape index (κ3) is 3.25. The predicted octanol–water partition coefficient (Wildman–Crippen LogP) is 3.40. The Labute approximate surface area is 170 Å². The second-order valence-electron chi connectivity index (χ2n) is 7.44. The molecule has 2 aromatic carbocycles. The molecule has 0 saturated heterocycles. The first-order chi connectivity index (χ1) is 13.8. The van der Waals surface area contributed by atoms with Gasteiger partial charge in [-0.2, -0.15) is 0 Å². The van der Waals surface area contributed by atoms with Crippen LogP contribution in [0.1, 0.15) is 29.7 Å². The molecule has 150 valence electrons. The molecular weight excluding hydrogens is 388 g/mol. The Balaban J connectivity index is 1.72. The highest BCUT2D eigenvalue weighted by Gasteiger charge is 2.54. The minimum Gasteiger partial charge on any atom is -0.496 e. The number of rotatable bonds is 5. The van der Waals surface area contributed by atoms with Crippen LogP contribution >= 0.6 is 0 Å². The number of sulfonamides is 1. The summed E-state index contributed by atoms with van der Waals surface area (Å²) in [5.74, 6) is 0.0713. The van der Waals surface area contributed by atoms with E-state index in [1.54, 1.807) is 37.4 Å². The van der Waals surface area contributed by atoms with Gasteiger partial charge in [-0.25, -0.2) is 13.1 Å². The summed E-state index contributed by atoms with van der Waals surface area (Å²) in [6.45, 7) is 3.74. The zero-order chi connectivity index (χ0) is 20.8. The van der Waals surface area contributed by atoms with Gasteiger partial charge in [-0.05, 0) is 62.6 Å². The average molecular weight is 410 g/mol. The van der Waals surface area contributed by atoms with Crippen LogP contribution in [0.3, 0.4) is 0 Å². The van der Waals surface area contributed by atoms with Crippen LogP contribution in [-0.2, 0) is 20.2 Å². The monoisotopic (exact) mass is 410 g/mol. The maximum atomic E-state index is 13.2. The first kappa shape index (κ1) is 19.4. The van der Waals surface area contributed by atoms with Crippen LogP contribution in [0.4, 0.5) is 0 Å². The summed E-state index contributed by atoms with van der Waals surface area (Å²) < 4.78 is 33.9. The van der Waals surface area contributed by atoms with Crippen molar-refractivity contribution in [2.24, 2.45) is 0 Å². The Hall–Kier alpha value is -2.93. The Kier molecular flexibility index (Phi) is 4.58. The number of aromatic nitrogens is 1. The van der Waals surface area contributed by atoms with Gasteiger partial charge in [0.05, 0.1) is 22.9 Å². The molecule has 1 amide bonds. The number of hydrogen-bond acceptors (Lipinski definition) is 5. The molecule has 0 radical (unpaired) electrons. The molecule has 3 aromatic rings. The zero-order valence-electron chi connectivity index (χ0n) is 16.5. The van der Waals surface area contributed by atoms with Gasteiger partial charge in [0, 0.05) is 16.6 Å². The number of carbonyl (C=O) groups is 1. The van der Waals surface area contributed by atoms with Gasteiger partial charge >= 0.3 is 0 Å². The number of nitrogens with zero attached hydrogens (tertiary/aromatic N) is 1. The van der Waals surface area contributed by atoms with Crippen LogP contribution in [0.15, 0.2) is 53.4 Å². The van der Waals surface area contributed by atoms with E-state index in [1.165, 1.54) is 6.07 Å². The van der Waals surface area contributed by atoms with Crippen LogP contribution in [0, 0.1) is 13.8 Å². The quantitative estimate of drug-likeness (QED) is 0.697. The van der Waals surface area contributed by atoms with Crippen LogP contribution in [0.25, 0.3) is 10.9 Å². The highest BCUT2D eigenvalue weighted by molar-refractivity contribution is 7.90. The van der Waals surface area contributed by atoms with E-state index in [0.29, 0.717) is 29.5 Å². The number of ether oxygens (including phenoxy) is 1. The minimum absolute atomic E-state index is 0.0448. The fourth-order valence-electron chi connectivity index (χ4n) is 3.88. The lowest BCUT2D eigenvalue weighted by atomic mass is 9.90. The maximum absolute atomic E-state index is 13.2. The molecule has 1 aliphatic rings. The van der Waals surface area contributed by atoms with Crippen LogP contribution < -0.4 is 9.46 Å². The van der Waals surface area contributed by atoms with Crippen LogP contribution in [0.2, 0.25) is 0 Å². The van der Waals surface area contributed by atoms with Crippen molar-refractivity contribution in [3.05, 3.63) is 65.4 Å². The first-order valence-corrected chi connectivity index (χ1v) is 10.8. The van der Waals surface area contributed by atoms with Gasteiger partial charge in [0.25, 0.3) is 10.0 Å². The minimum atomic E-state index is -4.06. The molecule has 0 bridgehead atoms. The van der Waals surface area contributed by atoms with E-state index in [0.717, 1.165) is 16.8 Å². The fourth-order valence-corrected chi connectivity index (χ4v) is 5.15. The summed E-state index contributed by atoms with van der Waals surface area (Å²) in [6.07, 6.45) is 1.15. The molecule has 1 N–H and O–H groups in total. The molecule has 1 fully saturated rings. The number of aryl methyl sites for hydroxylation is 2. The van der Waals surface area contributed by atoms with Gasteiger partial charge in [0.1, 0.15) is 5.75 Å². The van der Waals surface area contributed by atoms with E-state index in [-0.39, 0.29) is 4.90 Å². The molecule has 4 rings (SSSR count). The van der Waals surface area contributed by atoms with Gasteiger partial charge < -0.3 is 4.74 Å². The standard InChI is InChI=1S/C22H22N2O4S/c1-14-6-4-8-18(28-3)20(14)22(12-13-22)21(25)24-29(26,27)19-9-5-7-17-16(19)11-10-15(2)23-17/h4-11H,12-13H2,1-3H3,(H,24,25). The third-order valence-electron chi connectivity index (χ3n) is 5.47. The molecule has 6 nitrogen and oxygen atoms in total. The molecule has 0 spiro atoms. The Bertz CT molecular complexity index is 1230. The SMILES string of the molecule is COc1cccc(C)c1C1(C(=O)NS(=O)(=O)c2cccc3nc(C)ccc23)CC1. The summed E-state index contributed by atoms with van der Waals surface area (Å²) in [6, 6.07) is 13.9. The second-order valence-corrected chi connectivity index (χ2v) is 9.10. The van der Waals surface area contributed by atoms with E-state index in [2.05, 4.69) is 9.71 Å². The van der Waals surface area contributed by atoms with Gasteiger partial charge in [-0.1, -0.05) is 18.2 Å². The normalized spacial score (nSPS) is 15.1. The Morgan fingerprint density at radius 1 is 1.07 bits per heavy atom. The summed E-state index contributed by atoms with van der Waals surface area (Å²) >= 11 is 0. The topological polar surface area (TPSA) is 85.4 Å². The lowest BCUT2D eigenvalue weighted by molar-refractivity contribution is -0.121. The van der Waals surface area contributed by atoms with E-state index in [9.17, 15) is 13.2 Å². The Morgan fingerprint density at radius 2 is 1.79 bits per heavy atom. The van der Waals surface area contributed by atoms with Crippen LogP contribution in [-0.4, -0.2) is 26.4 Å². The average Bonchev–Trinajstić information content (AvgIpc) is 3.48. The Morgan fingerprint density at radius 3 is 2.48 bits per heavy atom. The third-order valence-corrected chi connectivity index (χ3v) is 6.85. The second kappa shape index (κ2) is 6.84. The lowest BCUT2D eigenvalue weighted by Gasteiger charge is -2.21. The highest BCUT2D eigenvalue weighted by Crippen LogP contribution is 2.53. The molecule has 0 aliphatic heterocycles. The molecular formula is C22H22N2O4S. The molecule has 0 unspecified atom stereocenters. The number of nitrogens with one attached hydrogen (secondary N) is 1. The van der Waals surface area contributed by atoms with Crippen LogP contribution in [0.5, 0.6) is 5.75 Å². The molecule has 7 heteroatoms. The number of amides is 1. The van der Waals surface area contributed by atoms with Crippen molar-refractivity contribution in [2.75, 3.05) is 7.11 Å². The number of methoxy groups -OCH3 is 1. The number of pyridine rings is 1. The number of benzene rings is 2. The van der Waals surface area contributed by atoms with E-state index < -0.39 is 21.3 Å². The summed E-state index contributed by atoms with van der Waals surface area (Å²) in [5, 5.41) is 0.483. The highest BCUT2D eigenvalue weighted by atomic mass is 32.2. The molecule has 29 heavy (non-hydrogen) atoms. The van der Waals surface area contributed by atoms with Gasteiger partial charge in [-0.3, -0.25) is 9.78 Å². The fraction of sp³-hybridized carbons (Fsp3) is 0.273. The largest absolute Gasteiger partial charge is 0.496 e. The summed E-state index contributed by atoms with van der Waals surface area (Å²) in [7, 11) is -2.51. The maximum Gasteiger partial charge on any atom is 0.264 e. The lowest BCUT2D eigenvalue weighted by Crippen LogP contribution is -2.39. The molecule has 1 aliphatic carbocycles. The number of fused-ring (bicyclic) bond motifs is 1. The van der Waals surface area contributed by atoms with Gasteiger partial charge in [0.15, 0.2) is 0 Å². The molecule has 1 heterocycles. The molecule has 1 aromatic heterocycles. The van der Waals surface area contributed by atoms with Gasteiger partial charge in [0.2, 0.25) is 5.91 Å². The van der Waals surface area contributed by atoms with E-state index in [1.807, 2.05) is 26.0 Å². The predicted molar refractivity (Wildman–Crippen MR) is 110 cm³/mol. The van der Waals surface area contributed by atoms with Crippen molar-refractivity contribution >= 4 is 26.8 Å². The van der Waals surface area contributed by atoms with Crippen molar-refractivity contribution < 1.29 is 17.9 Å². The first-order valence-electron chi connectivity index (χ1n) is 9.36. The van der Waals surface area contributed by atoms with Gasteiger partial charge in [-0.15, -0.1) is 0 Å².